The van der Waals surface area contributed by atoms with Gasteiger partial charge in [-0.15, -0.1) is 11.3 Å². The molecule has 0 radical (unpaired) electrons. The Labute approximate surface area is 124 Å². The first-order valence-electron chi connectivity index (χ1n) is 7.75. The van der Waals surface area contributed by atoms with Gasteiger partial charge in [-0.25, -0.2) is 4.98 Å². The zero-order chi connectivity index (χ0) is 13.9. The van der Waals surface area contributed by atoms with Gasteiger partial charge < -0.3 is 10.6 Å². The van der Waals surface area contributed by atoms with Gasteiger partial charge in [0, 0.05) is 24.4 Å². The second-order valence-corrected chi connectivity index (χ2v) is 6.86. The molecule has 2 aliphatic rings. The van der Waals surface area contributed by atoms with Crippen LogP contribution in [0.3, 0.4) is 0 Å². The van der Waals surface area contributed by atoms with Gasteiger partial charge in [-0.3, -0.25) is 4.79 Å². The summed E-state index contributed by atoms with van der Waals surface area (Å²) in [7, 11) is 0. The number of amides is 1. The van der Waals surface area contributed by atoms with Crippen LogP contribution in [0, 0.1) is 5.92 Å². The van der Waals surface area contributed by atoms with Gasteiger partial charge in [0.05, 0.1) is 5.01 Å². The van der Waals surface area contributed by atoms with E-state index in [1.54, 1.807) is 11.3 Å². The highest BCUT2D eigenvalue weighted by molar-refractivity contribution is 7.09. The van der Waals surface area contributed by atoms with Gasteiger partial charge in [0.15, 0.2) is 0 Å². The second kappa shape index (κ2) is 6.22. The molecule has 1 aromatic heterocycles. The first kappa shape index (κ1) is 14.0. The number of carbonyl (C=O) groups is 1. The zero-order valence-corrected chi connectivity index (χ0v) is 12.7. The molecule has 1 saturated carbocycles. The number of likely N-dealkylation sites (tertiary alicyclic amines) is 1. The molecule has 4 nitrogen and oxygen atoms in total. The second-order valence-electron chi connectivity index (χ2n) is 5.92. The van der Waals surface area contributed by atoms with Crippen LogP contribution in [0.5, 0.6) is 0 Å². The van der Waals surface area contributed by atoms with E-state index in [1.165, 1.54) is 32.1 Å². The molecule has 2 atom stereocenters. The van der Waals surface area contributed by atoms with E-state index in [1.807, 2.05) is 5.38 Å². The lowest BCUT2D eigenvalue weighted by molar-refractivity contribution is 0.0386. The van der Waals surface area contributed by atoms with Crippen molar-refractivity contribution in [2.24, 2.45) is 11.7 Å². The van der Waals surface area contributed by atoms with Crippen molar-refractivity contribution >= 4 is 17.2 Å². The third kappa shape index (κ3) is 2.74. The maximum absolute atomic E-state index is 12.7. The summed E-state index contributed by atoms with van der Waals surface area (Å²) >= 11 is 1.56. The smallest absolute Gasteiger partial charge is 0.273 e. The number of fused-ring (bicyclic) bond motifs is 1. The van der Waals surface area contributed by atoms with Crippen molar-refractivity contribution in [2.45, 2.75) is 51.0 Å². The van der Waals surface area contributed by atoms with Gasteiger partial charge >= 0.3 is 0 Å². The molecule has 1 aliphatic carbocycles. The summed E-state index contributed by atoms with van der Waals surface area (Å²) in [5.41, 5.74) is 6.18. The normalized spacial score (nSPS) is 26.4. The van der Waals surface area contributed by atoms with Crippen LogP contribution in [0.1, 0.15) is 54.0 Å². The van der Waals surface area contributed by atoms with Crippen LogP contribution >= 0.6 is 11.3 Å². The predicted octanol–water partition coefficient (Wildman–Crippen LogP) is 2.44. The fourth-order valence-electron chi connectivity index (χ4n) is 3.67. The Bertz CT molecular complexity index is 471. The molecule has 20 heavy (non-hydrogen) atoms. The molecule has 3 rings (SSSR count). The van der Waals surface area contributed by atoms with Crippen LogP contribution in [-0.2, 0) is 6.42 Å². The van der Waals surface area contributed by atoms with Crippen LogP contribution in [0.4, 0.5) is 0 Å². The van der Waals surface area contributed by atoms with Crippen LogP contribution in [0.15, 0.2) is 5.38 Å². The van der Waals surface area contributed by atoms with Crippen LogP contribution in [-0.4, -0.2) is 34.9 Å². The molecule has 2 unspecified atom stereocenters. The van der Waals surface area contributed by atoms with E-state index < -0.39 is 0 Å². The minimum absolute atomic E-state index is 0.140. The third-order valence-electron chi connectivity index (χ3n) is 4.63. The Balaban J connectivity index is 1.74. The first-order valence-corrected chi connectivity index (χ1v) is 8.63. The van der Waals surface area contributed by atoms with Crippen LogP contribution in [0.2, 0.25) is 0 Å². The van der Waals surface area contributed by atoms with Gasteiger partial charge in [-0.1, -0.05) is 12.8 Å². The molecule has 1 amide bonds. The van der Waals surface area contributed by atoms with E-state index in [4.69, 9.17) is 5.73 Å². The SMILES string of the molecule is NCCc1nc(C(=O)N2CCCC3CCCCC32)cs1. The van der Waals surface area contributed by atoms with Gasteiger partial charge in [0.25, 0.3) is 5.91 Å². The molecule has 1 aliphatic heterocycles. The van der Waals surface area contributed by atoms with E-state index in [-0.39, 0.29) is 5.91 Å². The first-order chi connectivity index (χ1) is 9.79. The molecular formula is C15H23N3OS. The summed E-state index contributed by atoms with van der Waals surface area (Å²) in [6.45, 7) is 1.50. The minimum Gasteiger partial charge on any atom is -0.334 e. The van der Waals surface area contributed by atoms with Gasteiger partial charge in [0.2, 0.25) is 0 Å². The molecule has 1 saturated heterocycles. The molecule has 0 spiro atoms. The number of nitrogens with two attached hydrogens (primary N) is 1. The van der Waals surface area contributed by atoms with Crippen molar-refractivity contribution in [3.63, 3.8) is 0 Å². The van der Waals surface area contributed by atoms with Crippen molar-refractivity contribution in [1.82, 2.24) is 9.88 Å². The monoisotopic (exact) mass is 293 g/mol. The Hall–Kier alpha value is -0.940. The lowest BCUT2D eigenvalue weighted by Gasteiger charge is -2.43. The van der Waals surface area contributed by atoms with Crippen LogP contribution in [0.25, 0.3) is 0 Å². The highest BCUT2D eigenvalue weighted by Gasteiger charge is 2.36. The molecule has 2 N–H and O–H groups in total. The molecule has 5 heteroatoms. The Kier molecular flexibility index (Phi) is 4.36. The molecule has 1 aromatic rings. The van der Waals surface area contributed by atoms with Crippen molar-refractivity contribution in [2.75, 3.05) is 13.1 Å². The van der Waals surface area contributed by atoms with Gasteiger partial charge in [-0.05, 0) is 38.1 Å². The van der Waals surface area contributed by atoms with Crippen molar-refractivity contribution in [3.8, 4) is 0 Å². The topological polar surface area (TPSA) is 59.2 Å². The number of nitrogens with zero attached hydrogens (tertiary/aromatic N) is 2. The summed E-state index contributed by atoms with van der Waals surface area (Å²) in [5.74, 6) is 0.865. The summed E-state index contributed by atoms with van der Waals surface area (Å²) in [6.07, 6.45) is 8.28. The number of hydrogen-bond donors (Lipinski definition) is 1. The minimum atomic E-state index is 0.140. The standard InChI is InChI=1S/C15H23N3OS/c16-8-7-14-17-12(10-20-14)15(19)18-9-3-5-11-4-1-2-6-13(11)18/h10-11,13H,1-9,16H2. The summed E-state index contributed by atoms with van der Waals surface area (Å²) in [6, 6.07) is 0.463. The largest absolute Gasteiger partial charge is 0.334 e. The van der Waals surface area contributed by atoms with E-state index in [9.17, 15) is 4.79 Å². The molecule has 0 bridgehead atoms. The Morgan fingerprint density at radius 2 is 2.15 bits per heavy atom. The molecule has 2 heterocycles. The average Bonchev–Trinajstić information content (AvgIpc) is 2.95. The zero-order valence-electron chi connectivity index (χ0n) is 11.9. The lowest BCUT2D eigenvalue weighted by Crippen LogP contribution is -2.49. The number of thiazole rings is 1. The highest BCUT2D eigenvalue weighted by Crippen LogP contribution is 2.35. The summed E-state index contributed by atoms with van der Waals surface area (Å²) in [4.78, 5) is 19.3. The fraction of sp³-hybridized carbons (Fsp3) is 0.733. The molecule has 2 fully saturated rings. The van der Waals surface area contributed by atoms with E-state index in [0.29, 0.717) is 18.3 Å². The van der Waals surface area contributed by atoms with E-state index in [0.717, 1.165) is 30.3 Å². The van der Waals surface area contributed by atoms with Crippen LogP contribution < -0.4 is 5.73 Å². The van der Waals surface area contributed by atoms with E-state index in [2.05, 4.69) is 9.88 Å². The lowest BCUT2D eigenvalue weighted by atomic mass is 9.78. The number of carbonyl (C=O) groups excluding carboxylic acids is 1. The quantitative estimate of drug-likeness (QED) is 0.931. The van der Waals surface area contributed by atoms with Crippen molar-refractivity contribution < 1.29 is 4.79 Å². The van der Waals surface area contributed by atoms with E-state index >= 15 is 0 Å². The maximum Gasteiger partial charge on any atom is 0.273 e. The molecule has 0 aromatic carbocycles. The van der Waals surface area contributed by atoms with Gasteiger partial charge in [0.1, 0.15) is 5.69 Å². The molecule has 110 valence electrons. The molecular weight excluding hydrogens is 270 g/mol. The van der Waals surface area contributed by atoms with Crippen molar-refractivity contribution in [3.05, 3.63) is 16.1 Å². The number of piperidine rings is 1. The maximum atomic E-state index is 12.7. The number of hydrogen-bond acceptors (Lipinski definition) is 4. The fourth-order valence-corrected chi connectivity index (χ4v) is 4.46. The number of aromatic nitrogens is 1. The Morgan fingerprint density at radius 1 is 1.35 bits per heavy atom. The highest BCUT2D eigenvalue weighted by atomic mass is 32.1. The van der Waals surface area contributed by atoms with Crippen molar-refractivity contribution in [1.29, 1.82) is 0 Å². The van der Waals surface area contributed by atoms with Gasteiger partial charge in [-0.2, -0.15) is 0 Å². The number of rotatable bonds is 3. The Morgan fingerprint density at radius 3 is 3.00 bits per heavy atom. The summed E-state index contributed by atoms with van der Waals surface area (Å²) < 4.78 is 0. The summed E-state index contributed by atoms with van der Waals surface area (Å²) in [5, 5.41) is 2.88. The average molecular weight is 293 g/mol. The third-order valence-corrected chi connectivity index (χ3v) is 5.54. The predicted molar refractivity (Wildman–Crippen MR) is 80.9 cm³/mol.